The maximum absolute atomic E-state index is 4.64. The lowest BCUT2D eigenvalue weighted by Gasteiger charge is -2.14. The first-order chi connectivity index (χ1) is 8.70. The number of anilines is 1. The van der Waals surface area contributed by atoms with Crippen molar-refractivity contribution in [3.05, 3.63) is 36.0 Å². The van der Waals surface area contributed by atoms with E-state index in [9.17, 15) is 0 Å². The number of benzene rings is 1. The van der Waals surface area contributed by atoms with Crippen LogP contribution in [-0.4, -0.2) is 11.5 Å². The van der Waals surface area contributed by atoms with Gasteiger partial charge in [-0.15, -0.1) is 0 Å². The third-order valence-corrected chi connectivity index (χ3v) is 3.28. The van der Waals surface area contributed by atoms with Gasteiger partial charge in [-0.2, -0.15) is 0 Å². The highest BCUT2D eigenvalue weighted by molar-refractivity contribution is 5.90. The Morgan fingerprint density at radius 2 is 2.06 bits per heavy atom. The highest BCUT2D eigenvalue weighted by atomic mass is 14.9. The van der Waals surface area contributed by atoms with E-state index in [1.54, 1.807) is 0 Å². The van der Waals surface area contributed by atoms with Crippen LogP contribution in [0.2, 0.25) is 0 Å². The molecule has 18 heavy (non-hydrogen) atoms. The molecule has 1 aromatic heterocycles. The lowest BCUT2D eigenvalue weighted by molar-refractivity contribution is 0.551. The van der Waals surface area contributed by atoms with Crippen molar-refractivity contribution in [1.82, 2.24) is 4.98 Å². The highest BCUT2D eigenvalue weighted by Gasteiger charge is 2.04. The van der Waals surface area contributed by atoms with Gasteiger partial charge in [0.05, 0.1) is 11.2 Å². The predicted molar refractivity (Wildman–Crippen MR) is 79.0 cm³/mol. The standard InChI is InChI=1S/C16H22N2/c1-4-6-12(2)11-17-15-8-5-7-14-10-9-13(3)18-16(14)15/h5,7-10,12,17H,4,6,11H2,1-3H3. The zero-order chi connectivity index (χ0) is 13.0. The third kappa shape index (κ3) is 3.00. The smallest absolute Gasteiger partial charge is 0.0936 e. The monoisotopic (exact) mass is 242 g/mol. The number of para-hydroxylation sites is 1. The highest BCUT2D eigenvalue weighted by Crippen LogP contribution is 2.22. The number of pyridine rings is 1. The molecule has 0 aliphatic rings. The van der Waals surface area contributed by atoms with Gasteiger partial charge in [-0.25, -0.2) is 0 Å². The van der Waals surface area contributed by atoms with Crippen molar-refractivity contribution in [3.63, 3.8) is 0 Å². The van der Waals surface area contributed by atoms with Gasteiger partial charge in [-0.3, -0.25) is 4.98 Å². The molecule has 0 saturated carbocycles. The Balaban J connectivity index is 2.19. The van der Waals surface area contributed by atoms with Gasteiger partial charge in [0, 0.05) is 17.6 Å². The van der Waals surface area contributed by atoms with Crippen LogP contribution in [0.25, 0.3) is 10.9 Å². The van der Waals surface area contributed by atoms with Crippen LogP contribution in [0.15, 0.2) is 30.3 Å². The Labute approximate surface area is 109 Å². The molecular weight excluding hydrogens is 220 g/mol. The van der Waals surface area contributed by atoms with Crippen molar-refractivity contribution < 1.29 is 0 Å². The first-order valence-corrected chi connectivity index (χ1v) is 6.81. The summed E-state index contributed by atoms with van der Waals surface area (Å²) in [6, 6.07) is 10.5. The fourth-order valence-electron chi connectivity index (χ4n) is 2.27. The molecule has 2 nitrogen and oxygen atoms in total. The minimum atomic E-state index is 0.704. The summed E-state index contributed by atoms with van der Waals surface area (Å²) in [6.07, 6.45) is 2.51. The van der Waals surface area contributed by atoms with Crippen LogP contribution in [0, 0.1) is 12.8 Å². The van der Waals surface area contributed by atoms with Crippen LogP contribution in [0.5, 0.6) is 0 Å². The second-order valence-electron chi connectivity index (χ2n) is 5.10. The van der Waals surface area contributed by atoms with Crippen LogP contribution >= 0.6 is 0 Å². The van der Waals surface area contributed by atoms with E-state index in [4.69, 9.17) is 0 Å². The first kappa shape index (κ1) is 12.9. The van der Waals surface area contributed by atoms with Crippen molar-refractivity contribution >= 4 is 16.6 Å². The molecule has 96 valence electrons. The van der Waals surface area contributed by atoms with E-state index in [1.807, 2.05) is 6.92 Å². The summed E-state index contributed by atoms with van der Waals surface area (Å²) in [4.78, 5) is 4.64. The maximum atomic E-state index is 4.64. The van der Waals surface area contributed by atoms with Crippen molar-refractivity contribution in [3.8, 4) is 0 Å². The molecule has 0 spiro atoms. The number of hydrogen-bond acceptors (Lipinski definition) is 2. The summed E-state index contributed by atoms with van der Waals surface area (Å²) < 4.78 is 0. The van der Waals surface area contributed by atoms with Gasteiger partial charge < -0.3 is 5.32 Å². The summed E-state index contributed by atoms with van der Waals surface area (Å²) in [5.41, 5.74) is 3.30. The van der Waals surface area contributed by atoms with E-state index in [-0.39, 0.29) is 0 Å². The summed E-state index contributed by atoms with van der Waals surface area (Å²) in [6.45, 7) is 7.58. The third-order valence-electron chi connectivity index (χ3n) is 3.28. The maximum Gasteiger partial charge on any atom is 0.0936 e. The molecule has 0 saturated heterocycles. The number of aryl methyl sites for hydroxylation is 1. The van der Waals surface area contributed by atoms with Crippen LogP contribution in [-0.2, 0) is 0 Å². The van der Waals surface area contributed by atoms with Crippen LogP contribution < -0.4 is 5.32 Å². The van der Waals surface area contributed by atoms with Crippen molar-refractivity contribution in [2.75, 3.05) is 11.9 Å². The molecule has 0 radical (unpaired) electrons. The SMILES string of the molecule is CCCC(C)CNc1cccc2ccc(C)nc12. The normalized spacial score (nSPS) is 12.6. The Bertz CT molecular complexity index is 519. The largest absolute Gasteiger partial charge is 0.383 e. The zero-order valence-corrected chi connectivity index (χ0v) is 11.5. The molecule has 2 rings (SSSR count). The van der Waals surface area contributed by atoms with E-state index in [0.717, 1.165) is 23.4 Å². The Morgan fingerprint density at radius 1 is 1.22 bits per heavy atom. The van der Waals surface area contributed by atoms with Crippen LogP contribution in [0.1, 0.15) is 32.4 Å². The molecule has 1 atom stereocenters. The van der Waals surface area contributed by atoms with Gasteiger partial charge in [0.2, 0.25) is 0 Å². The Morgan fingerprint density at radius 3 is 2.83 bits per heavy atom. The molecular formula is C16H22N2. The lowest BCUT2D eigenvalue weighted by atomic mass is 10.1. The van der Waals surface area contributed by atoms with Gasteiger partial charge in [0.25, 0.3) is 0 Å². The minimum absolute atomic E-state index is 0.704. The molecule has 0 aliphatic heterocycles. The molecule has 1 N–H and O–H groups in total. The molecule has 2 heteroatoms. The van der Waals surface area contributed by atoms with Crippen LogP contribution in [0.3, 0.4) is 0 Å². The minimum Gasteiger partial charge on any atom is -0.383 e. The molecule has 0 bridgehead atoms. The number of nitrogens with one attached hydrogen (secondary N) is 1. The first-order valence-electron chi connectivity index (χ1n) is 6.81. The van der Waals surface area contributed by atoms with Crippen molar-refractivity contribution in [2.24, 2.45) is 5.92 Å². The topological polar surface area (TPSA) is 24.9 Å². The molecule has 2 aromatic rings. The zero-order valence-electron chi connectivity index (χ0n) is 11.5. The fourth-order valence-corrected chi connectivity index (χ4v) is 2.27. The Hall–Kier alpha value is -1.57. The number of aromatic nitrogens is 1. The second-order valence-corrected chi connectivity index (χ2v) is 5.10. The molecule has 1 aromatic carbocycles. The number of rotatable bonds is 5. The molecule has 1 heterocycles. The van der Waals surface area contributed by atoms with Gasteiger partial charge in [-0.1, -0.05) is 38.5 Å². The average Bonchev–Trinajstić information content (AvgIpc) is 2.36. The summed E-state index contributed by atoms with van der Waals surface area (Å²) >= 11 is 0. The van der Waals surface area contributed by atoms with Crippen molar-refractivity contribution in [2.45, 2.75) is 33.6 Å². The van der Waals surface area contributed by atoms with E-state index in [1.165, 1.54) is 18.2 Å². The van der Waals surface area contributed by atoms with E-state index in [0.29, 0.717) is 5.92 Å². The summed E-state index contributed by atoms with van der Waals surface area (Å²) in [7, 11) is 0. The van der Waals surface area contributed by atoms with E-state index < -0.39 is 0 Å². The predicted octanol–water partition coefficient (Wildman–Crippen LogP) is 4.39. The summed E-state index contributed by atoms with van der Waals surface area (Å²) in [5.74, 6) is 0.704. The lowest BCUT2D eigenvalue weighted by Crippen LogP contribution is -2.11. The molecule has 0 fully saturated rings. The number of fused-ring (bicyclic) bond motifs is 1. The second kappa shape index (κ2) is 5.85. The fraction of sp³-hybridized carbons (Fsp3) is 0.438. The quantitative estimate of drug-likeness (QED) is 0.841. The molecule has 0 aliphatic carbocycles. The van der Waals surface area contributed by atoms with Gasteiger partial charge in [-0.05, 0) is 31.4 Å². The summed E-state index contributed by atoms with van der Waals surface area (Å²) in [5, 5.41) is 4.74. The number of hydrogen-bond donors (Lipinski definition) is 1. The van der Waals surface area contributed by atoms with Gasteiger partial charge in [0.1, 0.15) is 0 Å². The molecule has 0 amide bonds. The van der Waals surface area contributed by atoms with Crippen LogP contribution in [0.4, 0.5) is 5.69 Å². The molecule has 1 unspecified atom stereocenters. The van der Waals surface area contributed by atoms with E-state index in [2.05, 4.69) is 54.5 Å². The van der Waals surface area contributed by atoms with Crippen molar-refractivity contribution in [1.29, 1.82) is 0 Å². The Kier molecular flexibility index (Phi) is 4.19. The van der Waals surface area contributed by atoms with Gasteiger partial charge in [0.15, 0.2) is 0 Å². The number of nitrogens with zero attached hydrogens (tertiary/aromatic N) is 1. The van der Waals surface area contributed by atoms with Gasteiger partial charge >= 0.3 is 0 Å². The average molecular weight is 242 g/mol. The van der Waals surface area contributed by atoms with E-state index >= 15 is 0 Å².